The molecule has 0 saturated carbocycles. The SMILES string of the molecule is CCCc1ccc(C2Cc3ccc(OCC)c(F)c3OC2=O)cc1. The van der Waals surface area contributed by atoms with E-state index in [2.05, 4.69) is 6.92 Å². The molecular weight excluding hydrogens is 307 g/mol. The molecule has 3 nitrogen and oxygen atoms in total. The number of carbonyl (C=O) groups excluding carboxylic acids is 1. The van der Waals surface area contributed by atoms with Crippen LogP contribution in [0.4, 0.5) is 4.39 Å². The fraction of sp³-hybridized carbons (Fsp3) is 0.350. The number of fused-ring (bicyclic) bond motifs is 1. The lowest BCUT2D eigenvalue weighted by Gasteiger charge is -2.24. The summed E-state index contributed by atoms with van der Waals surface area (Å²) < 4.78 is 24.9. The predicted molar refractivity (Wildman–Crippen MR) is 90.1 cm³/mol. The molecule has 1 aliphatic rings. The van der Waals surface area contributed by atoms with Gasteiger partial charge < -0.3 is 9.47 Å². The lowest BCUT2D eigenvalue weighted by atomic mass is 9.89. The molecule has 3 rings (SSSR count). The highest BCUT2D eigenvalue weighted by molar-refractivity contribution is 5.83. The molecule has 0 saturated heterocycles. The van der Waals surface area contributed by atoms with Gasteiger partial charge in [-0.05, 0) is 42.5 Å². The summed E-state index contributed by atoms with van der Waals surface area (Å²) in [5.74, 6) is -1.29. The third kappa shape index (κ3) is 3.14. The van der Waals surface area contributed by atoms with Crippen molar-refractivity contribution in [2.75, 3.05) is 6.61 Å². The van der Waals surface area contributed by atoms with Crippen LogP contribution in [0.1, 0.15) is 42.9 Å². The van der Waals surface area contributed by atoms with E-state index >= 15 is 0 Å². The van der Waals surface area contributed by atoms with Gasteiger partial charge in [-0.3, -0.25) is 4.79 Å². The summed E-state index contributed by atoms with van der Waals surface area (Å²) in [5.41, 5.74) is 2.84. The first-order valence-electron chi connectivity index (χ1n) is 8.38. The van der Waals surface area contributed by atoms with E-state index in [1.54, 1.807) is 19.1 Å². The molecule has 0 amide bonds. The van der Waals surface area contributed by atoms with Gasteiger partial charge in [0.15, 0.2) is 11.5 Å². The zero-order valence-electron chi connectivity index (χ0n) is 14.0. The summed E-state index contributed by atoms with van der Waals surface area (Å²) in [6.45, 7) is 4.27. The van der Waals surface area contributed by atoms with Crippen LogP contribution in [0.15, 0.2) is 36.4 Å². The molecule has 0 aromatic heterocycles. The second-order valence-electron chi connectivity index (χ2n) is 5.97. The smallest absolute Gasteiger partial charge is 0.319 e. The van der Waals surface area contributed by atoms with Gasteiger partial charge in [0.05, 0.1) is 12.5 Å². The molecular formula is C20H21FO3. The summed E-state index contributed by atoms with van der Waals surface area (Å²) in [6, 6.07) is 11.4. The average molecular weight is 328 g/mol. The second kappa shape index (κ2) is 7.04. The molecule has 0 spiro atoms. The Labute approximate surface area is 141 Å². The highest BCUT2D eigenvalue weighted by Gasteiger charge is 2.32. The van der Waals surface area contributed by atoms with Crippen LogP contribution >= 0.6 is 0 Å². The largest absolute Gasteiger partial charge is 0.491 e. The van der Waals surface area contributed by atoms with E-state index in [0.29, 0.717) is 18.6 Å². The maximum atomic E-state index is 14.4. The number of aryl methyl sites for hydroxylation is 1. The lowest BCUT2D eigenvalue weighted by molar-refractivity contribution is -0.137. The number of carbonyl (C=O) groups is 1. The van der Waals surface area contributed by atoms with E-state index in [9.17, 15) is 9.18 Å². The predicted octanol–water partition coefficient (Wildman–Crippen LogP) is 4.42. The number of esters is 1. The van der Waals surface area contributed by atoms with Gasteiger partial charge >= 0.3 is 5.97 Å². The molecule has 4 heteroatoms. The van der Waals surface area contributed by atoms with E-state index in [1.807, 2.05) is 24.3 Å². The van der Waals surface area contributed by atoms with Crippen LogP contribution in [0.2, 0.25) is 0 Å². The van der Waals surface area contributed by atoms with E-state index in [4.69, 9.17) is 9.47 Å². The standard InChI is InChI=1S/C20H21FO3/c1-3-5-13-6-8-14(9-7-13)16-12-15-10-11-17(23-4-2)18(21)19(15)24-20(16)22/h6-11,16H,3-5,12H2,1-2H3. The second-order valence-corrected chi connectivity index (χ2v) is 5.97. The van der Waals surface area contributed by atoms with Crippen molar-refractivity contribution in [2.24, 2.45) is 0 Å². The average Bonchev–Trinajstić information content (AvgIpc) is 2.59. The van der Waals surface area contributed by atoms with Crippen LogP contribution in [-0.2, 0) is 17.6 Å². The van der Waals surface area contributed by atoms with Gasteiger partial charge in [-0.15, -0.1) is 0 Å². The third-order valence-electron chi connectivity index (χ3n) is 4.28. The Morgan fingerprint density at radius 1 is 1.17 bits per heavy atom. The molecule has 24 heavy (non-hydrogen) atoms. The van der Waals surface area contributed by atoms with Crippen LogP contribution in [0.5, 0.6) is 11.5 Å². The quantitative estimate of drug-likeness (QED) is 0.602. The number of benzene rings is 2. The Morgan fingerprint density at radius 2 is 1.92 bits per heavy atom. The normalized spacial score (nSPS) is 16.5. The summed E-state index contributed by atoms with van der Waals surface area (Å²) in [7, 11) is 0. The van der Waals surface area contributed by atoms with Gasteiger partial charge in [-0.2, -0.15) is 4.39 Å². The van der Waals surface area contributed by atoms with Crippen LogP contribution < -0.4 is 9.47 Å². The molecule has 1 heterocycles. The summed E-state index contributed by atoms with van der Waals surface area (Å²) in [4.78, 5) is 12.4. The van der Waals surface area contributed by atoms with Crippen LogP contribution in [0, 0.1) is 5.82 Å². The van der Waals surface area contributed by atoms with E-state index < -0.39 is 17.7 Å². The van der Waals surface area contributed by atoms with Gasteiger partial charge in [-0.1, -0.05) is 43.7 Å². The zero-order valence-corrected chi connectivity index (χ0v) is 14.0. The first kappa shape index (κ1) is 16.5. The minimum atomic E-state index is -0.598. The Bertz CT molecular complexity index is 737. The Kier molecular flexibility index (Phi) is 4.84. The Morgan fingerprint density at radius 3 is 2.58 bits per heavy atom. The molecule has 2 aromatic rings. The number of rotatable bonds is 5. The molecule has 0 fully saturated rings. The van der Waals surface area contributed by atoms with Gasteiger partial charge in [0.1, 0.15) is 0 Å². The zero-order chi connectivity index (χ0) is 17.1. The fourth-order valence-electron chi connectivity index (χ4n) is 3.05. The molecule has 1 unspecified atom stereocenters. The molecule has 0 N–H and O–H groups in total. The van der Waals surface area contributed by atoms with Crippen molar-refractivity contribution in [1.82, 2.24) is 0 Å². The van der Waals surface area contributed by atoms with Gasteiger partial charge in [0, 0.05) is 0 Å². The highest BCUT2D eigenvalue weighted by atomic mass is 19.1. The minimum absolute atomic E-state index is 0.00445. The lowest BCUT2D eigenvalue weighted by Crippen LogP contribution is -2.26. The third-order valence-corrected chi connectivity index (χ3v) is 4.28. The monoisotopic (exact) mass is 328 g/mol. The molecule has 1 aliphatic heterocycles. The van der Waals surface area contributed by atoms with Crippen molar-refractivity contribution >= 4 is 5.97 Å². The van der Waals surface area contributed by atoms with Crippen molar-refractivity contribution in [1.29, 1.82) is 0 Å². The highest BCUT2D eigenvalue weighted by Crippen LogP contribution is 2.38. The Hall–Kier alpha value is -2.36. The molecule has 126 valence electrons. The topological polar surface area (TPSA) is 35.5 Å². The number of ether oxygens (including phenoxy) is 2. The first-order chi connectivity index (χ1) is 11.6. The molecule has 0 aliphatic carbocycles. The summed E-state index contributed by atoms with van der Waals surface area (Å²) in [6.07, 6.45) is 2.54. The number of halogens is 1. The van der Waals surface area contributed by atoms with Gasteiger partial charge in [0.25, 0.3) is 0 Å². The maximum absolute atomic E-state index is 14.4. The molecule has 2 aromatic carbocycles. The van der Waals surface area contributed by atoms with E-state index in [1.165, 1.54) is 5.56 Å². The summed E-state index contributed by atoms with van der Waals surface area (Å²) in [5, 5.41) is 0. The number of hydrogen-bond acceptors (Lipinski definition) is 3. The van der Waals surface area contributed by atoms with Crippen LogP contribution in [0.25, 0.3) is 0 Å². The van der Waals surface area contributed by atoms with Crippen molar-refractivity contribution in [3.63, 3.8) is 0 Å². The maximum Gasteiger partial charge on any atom is 0.319 e. The van der Waals surface area contributed by atoms with Crippen molar-refractivity contribution in [3.8, 4) is 11.5 Å². The molecule has 1 atom stereocenters. The minimum Gasteiger partial charge on any atom is -0.491 e. The van der Waals surface area contributed by atoms with Crippen molar-refractivity contribution in [2.45, 2.75) is 39.0 Å². The first-order valence-corrected chi connectivity index (χ1v) is 8.38. The van der Waals surface area contributed by atoms with Crippen molar-refractivity contribution in [3.05, 3.63) is 58.9 Å². The fourth-order valence-corrected chi connectivity index (χ4v) is 3.05. The van der Waals surface area contributed by atoms with Gasteiger partial charge in [0.2, 0.25) is 5.82 Å². The number of hydrogen-bond donors (Lipinski definition) is 0. The van der Waals surface area contributed by atoms with Crippen molar-refractivity contribution < 1.29 is 18.7 Å². The molecule has 0 bridgehead atoms. The van der Waals surface area contributed by atoms with E-state index in [0.717, 1.165) is 18.4 Å². The van der Waals surface area contributed by atoms with Gasteiger partial charge in [-0.25, -0.2) is 0 Å². The summed E-state index contributed by atoms with van der Waals surface area (Å²) >= 11 is 0. The van der Waals surface area contributed by atoms with Crippen LogP contribution in [0.3, 0.4) is 0 Å². The Balaban J connectivity index is 1.87. The van der Waals surface area contributed by atoms with Crippen LogP contribution in [-0.4, -0.2) is 12.6 Å². The molecule has 0 radical (unpaired) electrons. The van der Waals surface area contributed by atoms with E-state index in [-0.39, 0.29) is 11.5 Å².